The van der Waals surface area contributed by atoms with Crippen LogP contribution in [-0.2, 0) is 33.9 Å². The Hall–Kier alpha value is -4.78. The predicted molar refractivity (Wildman–Crippen MR) is 215 cm³/mol. The van der Waals surface area contributed by atoms with Crippen LogP contribution >= 0.6 is 0 Å². The number of rotatable bonds is 18. The van der Waals surface area contributed by atoms with Crippen molar-refractivity contribution in [3.05, 3.63) is 36.5 Å². The van der Waals surface area contributed by atoms with Crippen molar-refractivity contribution in [3.63, 3.8) is 0 Å². The SMILES string of the molecule is C/C=C\[C@@H]1C[C@]1(NC(=O)[C@@H]1C[C@@H](Oc2ncc(OCCOC)c3cc(OC)ccc23)CN1C(=O)C(N=C(N)OC(C)(C)C(C)(F)F)C(C)C)C(=O)NS(=O)(=O)C1(C)CC1. The van der Waals surface area contributed by atoms with Crippen molar-refractivity contribution in [1.82, 2.24) is 19.9 Å². The minimum absolute atomic E-state index is 0.0824. The van der Waals surface area contributed by atoms with Crippen LogP contribution in [0.5, 0.6) is 17.4 Å². The van der Waals surface area contributed by atoms with Gasteiger partial charge >= 0.3 is 0 Å². The molecular formula is C40H56F2N6O10S. The number of likely N-dealkylation sites (tertiary alicyclic amines) is 1. The smallest absolute Gasteiger partial charge is 0.283 e. The van der Waals surface area contributed by atoms with Crippen LogP contribution in [0.2, 0.25) is 0 Å². The molecule has 5 atom stereocenters. The Balaban J connectivity index is 1.49. The van der Waals surface area contributed by atoms with Gasteiger partial charge in [-0.05, 0) is 71.1 Å². The zero-order valence-corrected chi connectivity index (χ0v) is 35.8. The van der Waals surface area contributed by atoms with Crippen molar-refractivity contribution < 1.29 is 55.3 Å². The summed E-state index contributed by atoms with van der Waals surface area (Å²) in [5.41, 5.74) is 2.33. The quantitative estimate of drug-likeness (QED) is 0.0846. The van der Waals surface area contributed by atoms with Crippen LogP contribution in [0.4, 0.5) is 8.78 Å². The summed E-state index contributed by atoms with van der Waals surface area (Å²) >= 11 is 0. The molecule has 3 aliphatic rings. The number of halogens is 2. The predicted octanol–water partition coefficient (Wildman–Crippen LogP) is 3.86. The molecule has 2 aliphatic carbocycles. The third-order valence-corrected chi connectivity index (χ3v) is 13.4. The van der Waals surface area contributed by atoms with Crippen LogP contribution in [0.1, 0.15) is 74.1 Å². The van der Waals surface area contributed by atoms with Gasteiger partial charge in [0, 0.05) is 37.1 Å². The van der Waals surface area contributed by atoms with Gasteiger partial charge in [-0.15, -0.1) is 0 Å². The van der Waals surface area contributed by atoms with Gasteiger partial charge in [-0.2, -0.15) is 0 Å². The molecule has 1 aromatic carbocycles. The molecule has 4 N–H and O–H groups in total. The van der Waals surface area contributed by atoms with Crippen LogP contribution in [0.3, 0.4) is 0 Å². The Kier molecular flexibility index (Phi) is 13.1. The minimum Gasteiger partial charge on any atom is -0.497 e. The van der Waals surface area contributed by atoms with Crippen LogP contribution in [0.25, 0.3) is 10.8 Å². The Morgan fingerprint density at radius 3 is 2.42 bits per heavy atom. The maximum atomic E-state index is 14.5. The molecule has 3 amide bonds. The third-order valence-electron chi connectivity index (χ3n) is 11.3. The fraction of sp³-hybridized carbons (Fsp3) is 0.625. The number of fused-ring (bicyclic) bond motifs is 1. The summed E-state index contributed by atoms with van der Waals surface area (Å²) in [6, 6.07) is 2.00. The van der Waals surface area contributed by atoms with Gasteiger partial charge in [-0.3, -0.25) is 19.1 Å². The topological polar surface area (TPSA) is 210 Å². The summed E-state index contributed by atoms with van der Waals surface area (Å²) in [5.74, 6) is -5.57. The minimum atomic E-state index is -4.05. The number of ether oxygens (including phenoxy) is 5. The fourth-order valence-corrected chi connectivity index (χ4v) is 8.06. The van der Waals surface area contributed by atoms with Gasteiger partial charge in [0.25, 0.3) is 17.9 Å². The number of nitrogens with one attached hydrogen (secondary N) is 2. The summed E-state index contributed by atoms with van der Waals surface area (Å²) in [4.78, 5) is 52.8. The number of nitrogens with zero attached hydrogens (tertiary/aromatic N) is 3. The highest BCUT2D eigenvalue weighted by Gasteiger charge is 2.63. The van der Waals surface area contributed by atoms with Gasteiger partial charge in [-0.25, -0.2) is 27.2 Å². The van der Waals surface area contributed by atoms with Gasteiger partial charge in [0.05, 0.1) is 31.2 Å². The molecule has 5 rings (SSSR count). The second-order valence-electron chi connectivity index (χ2n) is 16.5. The van der Waals surface area contributed by atoms with E-state index < -0.39 is 85.6 Å². The number of nitrogens with two attached hydrogens (primary N) is 1. The standard InChI is InChI=1S/C40H56F2N6O10S/c1-10-11-24-20-40(24,35(51)47-59(52,53)38(6)14-15-38)46-32(49)29-19-26(22-48(29)34(50)31(23(2)3)45-36(43)58-37(4,5)39(7,41)42)57-33-27-13-12-25(55-9)18-28(27)30(21-44-33)56-17-16-54-8/h10-13,18,21,23-24,26,29,31H,14-17,19-20,22H2,1-9H3,(H2,43,45)(H,46,49)(H,47,51)/b11-10-/t24-,26-,29+,31?,40-/m1/s1. The first-order chi connectivity index (χ1) is 27.5. The molecule has 1 aromatic heterocycles. The summed E-state index contributed by atoms with van der Waals surface area (Å²) in [6.45, 7) is 9.98. The highest BCUT2D eigenvalue weighted by molar-refractivity contribution is 7.91. The number of alkyl halides is 2. The van der Waals surface area contributed by atoms with Crippen molar-refractivity contribution in [2.24, 2.45) is 22.6 Å². The fourth-order valence-electron chi connectivity index (χ4n) is 6.75. The number of pyridine rings is 1. The Morgan fingerprint density at radius 1 is 1.14 bits per heavy atom. The normalized spacial score (nSPS) is 23.6. The molecule has 1 unspecified atom stereocenters. The summed E-state index contributed by atoms with van der Waals surface area (Å²) in [5, 5.41) is 3.96. The lowest BCUT2D eigenvalue weighted by Gasteiger charge is -2.32. The van der Waals surface area contributed by atoms with Crippen molar-refractivity contribution in [3.8, 4) is 17.4 Å². The lowest BCUT2D eigenvalue weighted by atomic mass is 10.0. The molecule has 326 valence electrons. The number of amidine groups is 1. The number of sulfonamides is 1. The molecule has 2 heterocycles. The van der Waals surface area contributed by atoms with Crippen LogP contribution in [0, 0.1) is 11.8 Å². The molecule has 0 spiro atoms. The Labute approximate surface area is 343 Å². The van der Waals surface area contributed by atoms with Crippen molar-refractivity contribution in [1.29, 1.82) is 0 Å². The monoisotopic (exact) mass is 850 g/mol. The number of amides is 3. The number of allylic oxidation sites excluding steroid dienone is 1. The molecule has 16 nitrogen and oxygen atoms in total. The second-order valence-corrected chi connectivity index (χ2v) is 18.7. The molecule has 59 heavy (non-hydrogen) atoms. The highest BCUT2D eigenvalue weighted by Crippen LogP contribution is 2.47. The van der Waals surface area contributed by atoms with E-state index in [4.69, 9.17) is 29.4 Å². The third kappa shape index (κ3) is 9.66. The van der Waals surface area contributed by atoms with E-state index in [0.717, 1.165) is 13.8 Å². The average molecular weight is 851 g/mol. The van der Waals surface area contributed by atoms with Gasteiger partial charge in [0.15, 0.2) is 5.60 Å². The number of aliphatic imine (C=N–C) groups is 1. The number of aromatic nitrogens is 1. The van der Waals surface area contributed by atoms with Gasteiger partial charge < -0.3 is 39.6 Å². The van der Waals surface area contributed by atoms with Gasteiger partial charge in [0.1, 0.15) is 41.8 Å². The summed E-state index contributed by atoms with van der Waals surface area (Å²) in [6.07, 6.45) is 4.86. The van der Waals surface area contributed by atoms with E-state index in [9.17, 15) is 31.6 Å². The second kappa shape index (κ2) is 17.1. The Morgan fingerprint density at radius 2 is 1.83 bits per heavy atom. The van der Waals surface area contributed by atoms with Crippen LogP contribution in [-0.4, -0.2) is 116 Å². The molecule has 0 radical (unpaired) electrons. The number of hydrogen-bond acceptors (Lipinski definition) is 12. The van der Waals surface area contributed by atoms with E-state index in [0.29, 0.717) is 48.6 Å². The number of carbonyl (C=O) groups is 3. The van der Waals surface area contributed by atoms with E-state index in [1.807, 2.05) is 0 Å². The summed E-state index contributed by atoms with van der Waals surface area (Å²) in [7, 11) is -0.976. The first-order valence-electron chi connectivity index (χ1n) is 19.5. The number of methoxy groups -OCH3 is 2. The molecule has 2 aromatic rings. The van der Waals surface area contributed by atoms with Crippen molar-refractivity contribution >= 4 is 44.5 Å². The first kappa shape index (κ1) is 45.3. The van der Waals surface area contributed by atoms with E-state index >= 15 is 0 Å². The van der Waals surface area contributed by atoms with E-state index in [1.54, 1.807) is 65.2 Å². The molecule has 1 aliphatic heterocycles. The maximum absolute atomic E-state index is 14.5. The number of benzene rings is 1. The van der Waals surface area contributed by atoms with Crippen molar-refractivity contribution in [2.45, 2.75) is 114 Å². The van der Waals surface area contributed by atoms with E-state index in [-0.39, 0.29) is 31.9 Å². The van der Waals surface area contributed by atoms with Gasteiger partial charge in [0.2, 0.25) is 27.7 Å². The van der Waals surface area contributed by atoms with Crippen LogP contribution in [0.15, 0.2) is 41.5 Å². The largest absolute Gasteiger partial charge is 0.497 e. The molecule has 1 saturated heterocycles. The van der Waals surface area contributed by atoms with E-state index in [1.165, 1.54) is 18.2 Å². The highest BCUT2D eigenvalue weighted by atomic mass is 32.2. The maximum Gasteiger partial charge on any atom is 0.283 e. The molecule has 2 saturated carbocycles. The lowest BCUT2D eigenvalue weighted by Crippen LogP contribution is -2.58. The average Bonchev–Trinajstić information content (AvgIpc) is 4.03. The molecule has 3 fully saturated rings. The van der Waals surface area contributed by atoms with E-state index in [2.05, 4.69) is 20.0 Å². The summed E-state index contributed by atoms with van der Waals surface area (Å²) < 4.78 is 84.2. The Bertz CT molecular complexity index is 2090. The number of hydrogen-bond donors (Lipinski definition) is 3. The van der Waals surface area contributed by atoms with Crippen molar-refractivity contribution in [2.75, 3.05) is 34.0 Å². The first-order valence-corrected chi connectivity index (χ1v) is 21.0. The zero-order chi connectivity index (χ0) is 43.7. The van der Waals surface area contributed by atoms with Gasteiger partial charge in [-0.1, -0.05) is 26.0 Å². The lowest BCUT2D eigenvalue weighted by molar-refractivity contribution is -0.142. The molecule has 0 bridgehead atoms. The zero-order valence-electron chi connectivity index (χ0n) is 35.0. The molecule has 19 heteroatoms. The van der Waals surface area contributed by atoms with Crippen LogP contribution < -0.4 is 30.0 Å². The number of carbonyl (C=O) groups excluding carboxylic acids is 3. The molecular weight excluding hydrogens is 795 g/mol.